The number of phenolic OH excluding ortho intramolecular Hbond substituents is 1. The average molecular weight is 415 g/mol. The van der Waals surface area contributed by atoms with Gasteiger partial charge in [-0.25, -0.2) is 0 Å². The van der Waals surface area contributed by atoms with Crippen molar-refractivity contribution in [2.75, 3.05) is 6.61 Å². The molecule has 0 aliphatic carbocycles. The molecule has 26 heavy (non-hydrogen) atoms. The van der Waals surface area contributed by atoms with Crippen LogP contribution in [0.4, 0.5) is 0 Å². The van der Waals surface area contributed by atoms with Crippen molar-refractivity contribution in [3.8, 4) is 11.5 Å². The fourth-order valence-corrected chi connectivity index (χ4v) is 2.97. The Kier molecular flexibility index (Phi) is 5.38. The molecule has 0 aliphatic rings. The molecule has 132 valence electrons. The number of benzene rings is 3. The van der Waals surface area contributed by atoms with Crippen LogP contribution >= 0.6 is 15.9 Å². The number of amides is 2. The maximum atomic E-state index is 11.9. The highest BCUT2D eigenvalue weighted by Gasteiger charge is 2.12. The standard InChI is InChI=1S/C19H15BrN2O4/c20-18-13-6-2-1-5-12(13)9-10-16(18)26-11-17(24)21-22-19(25)14-7-3-4-8-15(14)23/h1-10,23H,11H2,(H,21,24)(H,22,25). The molecule has 3 aromatic rings. The number of carbonyl (C=O) groups is 2. The molecular formula is C19H15BrN2O4. The third kappa shape index (κ3) is 3.94. The third-order valence-corrected chi connectivity index (χ3v) is 4.47. The number of aromatic hydroxyl groups is 1. The minimum atomic E-state index is -0.622. The van der Waals surface area contributed by atoms with Crippen LogP contribution in [0.25, 0.3) is 10.8 Å². The molecule has 3 rings (SSSR count). The molecule has 3 aromatic carbocycles. The second kappa shape index (κ2) is 7.88. The Morgan fingerprint density at radius 2 is 1.69 bits per heavy atom. The number of nitrogens with one attached hydrogen (secondary N) is 2. The lowest BCUT2D eigenvalue weighted by molar-refractivity contribution is -0.123. The Balaban J connectivity index is 1.57. The van der Waals surface area contributed by atoms with Crippen LogP contribution in [-0.2, 0) is 4.79 Å². The molecule has 0 atom stereocenters. The average Bonchev–Trinajstić information content (AvgIpc) is 2.66. The van der Waals surface area contributed by atoms with Gasteiger partial charge in [0.1, 0.15) is 11.5 Å². The highest BCUT2D eigenvalue weighted by molar-refractivity contribution is 9.10. The first kappa shape index (κ1) is 17.8. The molecule has 0 saturated carbocycles. The van der Waals surface area contributed by atoms with Gasteiger partial charge in [0.05, 0.1) is 10.0 Å². The lowest BCUT2D eigenvalue weighted by atomic mass is 10.1. The van der Waals surface area contributed by atoms with Crippen LogP contribution in [0.5, 0.6) is 11.5 Å². The van der Waals surface area contributed by atoms with Gasteiger partial charge in [0.25, 0.3) is 11.8 Å². The number of carbonyl (C=O) groups excluding carboxylic acids is 2. The van der Waals surface area contributed by atoms with Crippen LogP contribution in [0.3, 0.4) is 0 Å². The number of hydrazine groups is 1. The first-order valence-electron chi connectivity index (χ1n) is 7.73. The van der Waals surface area contributed by atoms with Crippen molar-refractivity contribution in [3.63, 3.8) is 0 Å². The molecular weight excluding hydrogens is 400 g/mol. The largest absolute Gasteiger partial charge is 0.507 e. The van der Waals surface area contributed by atoms with E-state index in [-0.39, 0.29) is 17.9 Å². The van der Waals surface area contributed by atoms with E-state index in [2.05, 4.69) is 26.8 Å². The van der Waals surface area contributed by atoms with Gasteiger partial charge in [-0.15, -0.1) is 0 Å². The summed E-state index contributed by atoms with van der Waals surface area (Å²) in [6, 6.07) is 17.5. The molecule has 0 heterocycles. The van der Waals surface area contributed by atoms with Crippen LogP contribution in [0.1, 0.15) is 10.4 Å². The summed E-state index contributed by atoms with van der Waals surface area (Å²) in [6.45, 7) is -0.280. The van der Waals surface area contributed by atoms with Crippen LogP contribution in [0, 0.1) is 0 Å². The van der Waals surface area contributed by atoms with E-state index in [4.69, 9.17) is 4.74 Å². The van der Waals surface area contributed by atoms with Gasteiger partial charge in [-0.05, 0) is 44.9 Å². The molecule has 0 unspecified atom stereocenters. The van der Waals surface area contributed by atoms with Gasteiger partial charge in [-0.2, -0.15) is 0 Å². The quantitative estimate of drug-likeness (QED) is 0.572. The van der Waals surface area contributed by atoms with Crippen molar-refractivity contribution in [2.24, 2.45) is 0 Å². The Morgan fingerprint density at radius 3 is 2.50 bits per heavy atom. The van der Waals surface area contributed by atoms with Crippen molar-refractivity contribution in [1.29, 1.82) is 0 Å². The lowest BCUT2D eigenvalue weighted by Gasteiger charge is -2.11. The van der Waals surface area contributed by atoms with Gasteiger partial charge in [0, 0.05) is 0 Å². The van der Waals surface area contributed by atoms with E-state index in [1.165, 1.54) is 12.1 Å². The van der Waals surface area contributed by atoms with E-state index >= 15 is 0 Å². The zero-order valence-electron chi connectivity index (χ0n) is 13.5. The highest BCUT2D eigenvalue weighted by atomic mass is 79.9. The van der Waals surface area contributed by atoms with Crippen molar-refractivity contribution >= 4 is 38.5 Å². The molecule has 0 radical (unpaired) electrons. The zero-order chi connectivity index (χ0) is 18.5. The normalized spacial score (nSPS) is 10.3. The smallest absolute Gasteiger partial charge is 0.276 e. The third-order valence-electron chi connectivity index (χ3n) is 3.65. The van der Waals surface area contributed by atoms with Crippen molar-refractivity contribution in [1.82, 2.24) is 10.9 Å². The van der Waals surface area contributed by atoms with E-state index in [9.17, 15) is 14.7 Å². The minimum Gasteiger partial charge on any atom is -0.507 e. The summed E-state index contributed by atoms with van der Waals surface area (Å²) < 4.78 is 6.26. The molecule has 3 N–H and O–H groups in total. The minimum absolute atomic E-state index is 0.0611. The van der Waals surface area contributed by atoms with E-state index < -0.39 is 11.8 Å². The monoisotopic (exact) mass is 414 g/mol. The number of hydrogen-bond donors (Lipinski definition) is 3. The summed E-state index contributed by atoms with van der Waals surface area (Å²) in [5, 5.41) is 11.6. The Hall–Kier alpha value is -3.06. The Bertz CT molecular complexity index is 975. The second-order valence-corrected chi connectivity index (χ2v) is 6.20. The van der Waals surface area contributed by atoms with E-state index in [1.807, 2.05) is 30.3 Å². The number of phenols is 1. The van der Waals surface area contributed by atoms with Crippen molar-refractivity contribution < 1.29 is 19.4 Å². The summed E-state index contributed by atoms with van der Waals surface area (Å²) in [7, 11) is 0. The van der Waals surface area contributed by atoms with Crippen LogP contribution in [0.2, 0.25) is 0 Å². The summed E-state index contributed by atoms with van der Waals surface area (Å²) in [4.78, 5) is 23.8. The summed E-state index contributed by atoms with van der Waals surface area (Å²) in [5.74, 6) is -0.807. The molecule has 2 amide bonds. The fourth-order valence-electron chi connectivity index (χ4n) is 2.36. The second-order valence-electron chi connectivity index (χ2n) is 5.41. The van der Waals surface area contributed by atoms with Gasteiger partial charge in [-0.1, -0.05) is 42.5 Å². The lowest BCUT2D eigenvalue weighted by Crippen LogP contribution is -2.43. The SMILES string of the molecule is O=C(COc1ccc2ccccc2c1Br)NNC(=O)c1ccccc1O. The van der Waals surface area contributed by atoms with E-state index in [0.29, 0.717) is 5.75 Å². The molecule has 0 aliphatic heterocycles. The summed E-state index contributed by atoms with van der Waals surface area (Å²) >= 11 is 3.48. The molecule has 7 heteroatoms. The van der Waals surface area contributed by atoms with Crippen LogP contribution < -0.4 is 15.6 Å². The fraction of sp³-hybridized carbons (Fsp3) is 0.0526. The van der Waals surface area contributed by atoms with Crippen LogP contribution in [0.15, 0.2) is 65.1 Å². The summed E-state index contributed by atoms with van der Waals surface area (Å²) in [6.07, 6.45) is 0. The molecule has 0 spiro atoms. The first-order valence-corrected chi connectivity index (χ1v) is 8.53. The maximum absolute atomic E-state index is 11.9. The van der Waals surface area contributed by atoms with Gasteiger partial charge in [-0.3, -0.25) is 20.4 Å². The predicted octanol–water partition coefficient (Wildman–Crippen LogP) is 3.15. The number of fused-ring (bicyclic) bond motifs is 1. The zero-order valence-corrected chi connectivity index (χ0v) is 15.1. The molecule has 0 saturated heterocycles. The van der Waals surface area contributed by atoms with Gasteiger partial charge in [0.15, 0.2) is 6.61 Å². The Morgan fingerprint density at radius 1 is 0.962 bits per heavy atom. The molecule has 0 aromatic heterocycles. The molecule has 6 nitrogen and oxygen atoms in total. The first-order chi connectivity index (χ1) is 12.6. The number of hydrogen-bond acceptors (Lipinski definition) is 4. The van der Waals surface area contributed by atoms with E-state index in [1.54, 1.807) is 18.2 Å². The topological polar surface area (TPSA) is 87.7 Å². The Labute approximate surface area is 157 Å². The highest BCUT2D eigenvalue weighted by Crippen LogP contribution is 2.32. The number of halogens is 1. The number of para-hydroxylation sites is 1. The number of ether oxygens (including phenoxy) is 1. The number of rotatable bonds is 4. The summed E-state index contributed by atoms with van der Waals surface area (Å²) in [5.41, 5.74) is 4.54. The molecule has 0 bridgehead atoms. The van der Waals surface area contributed by atoms with Gasteiger partial charge in [0.2, 0.25) is 0 Å². The molecule has 0 fully saturated rings. The van der Waals surface area contributed by atoms with Gasteiger partial charge >= 0.3 is 0 Å². The maximum Gasteiger partial charge on any atom is 0.276 e. The van der Waals surface area contributed by atoms with E-state index in [0.717, 1.165) is 15.2 Å². The predicted molar refractivity (Wildman–Crippen MR) is 101 cm³/mol. The van der Waals surface area contributed by atoms with Gasteiger partial charge < -0.3 is 9.84 Å². The van der Waals surface area contributed by atoms with Crippen molar-refractivity contribution in [3.05, 3.63) is 70.7 Å². The van der Waals surface area contributed by atoms with Crippen molar-refractivity contribution in [2.45, 2.75) is 0 Å². The van der Waals surface area contributed by atoms with Crippen LogP contribution in [-0.4, -0.2) is 23.5 Å².